The van der Waals surface area contributed by atoms with Crippen LogP contribution in [0.15, 0.2) is 71.8 Å². The number of nitrogens with one attached hydrogen (secondary N) is 1. The monoisotopic (exact) mass is 439 g/mol. The minimum atomic E-state index is -3.66. The zero-order valence-electron chi connectivity index (χ0n) is 17.7. The molecule has 1 N–H and O–H groups in total. The summed E-state index contributed by atoms with van der Waals surface area (Å²) in [4.78, 5) is 17.3. The number of ether oxygens (including phenoxy) is 1. The lowest BCUT2D eigenvalue weighted by Gasteiger charge is -2.20. The molecule has 0 atom stereocenters. The Morgan fingerprint density at radius 1 is 1.03 bits per heavy atom. The van der Waals surface area contributed by atoms with Crippen molar-refractivity contribution in [3.63, 3.8) is 0 Å². The second-order valence-electron chi connectivity index (χ2n) is 6.79. The summed E-state index contributed by atoms with van der Waals surface area (Å²) in [6.07, 6.45) is 1.54. The third kappa shape index (κ3) is 5.10. The van der Waals surface area contributed by atoms with Crippen LogP contribution in [0.5, 0.6) is 11.6 Å². The van der Waals surface area contributed by atoms with Gasteiger partial charge in [0.2, 0.25) is 15.9 Å². The number of sulfonamides is 1. The van der Waals surface area contributed by atoms with E-state index in [0.717, 1.165) is 0 Å². The third-order valence-electron chi connectivity index (χ3n) is 4.74. The van der Waals surface area contributed by atoms with E-state index >= 15 is 0 Å². The van der Waals surface area contributed by atoms with Crippen molar-refractivity contribution in [1.82, 2.24) is 9.29 Å². The van der Waals surface area contributed by atoms with Gasteiger partial charge in [-0.25, -0.2) is 13.4 Å². The predicted octanol–water partition coefficient (Wildman–Crippen LogP) is 4.47. The first-order valence-electron chi connectivity index (χ1n) is 9.96. The Kier molecular flexibility index (Phi) is 7.04. The summed E-state index contributed by atoms with van der Waals surface area (Å²) >= 11 is 0. The molecule has 162 valence electrons. The number of nitrogens with zero attached hydrogens (tertiary/aromatic N) is 2. The fourth-order valence-corrected chi connectivity index (χ4v) is 4.81. The molecule has 1 heterocycles. The van der Waals surface area contributed by atoms with Crippen molar-refractivity contribution in [2.75, 3.05) is 18.4 Å². The van der Waals surface area contributed by atoms with Crippen molar-refractivity contribution < 1.29 is 17.9 Å². The molecular weight excluding hydrogens is 414 g/mol. The lowest BCUT2D eigenvalue weighted by Crippen LogP contribution is -2.31. The smallest absolute Gasteiger partial charge is 0.261 e. The summed E-state index contributed by atoms with van der Waals surface area (Å²) in [6.45, 7) is 6.04. The summed E-state index contributed by atoms with van der Waals surface area (Å²) in [5.41, 5.74) is 1.22. The molecule has 0 saturated carbocycles. The average Bonchev–Trinajstić information content (AvgIpc) is 2.76. The van der Waals surface area contributed by atoms with Crippen LogP contribution in [-0.4, -0.2) is 36.7 Å². The molecule has 3 aromatic rings. The summed E-state index contributed by atoms with van der Waals surface area (Å²) in [6, 6.07) is 17.1. The highest BCUT2D eigenvalue weighted by atomic mass is 32.2. The average molecular weight is 440 g/mol. The number of aromatic nitrogens is 1. The normalized spacial score (nSPS) is 11.4. The molecule has 0 radical (unpaired) electrons. The molecule has 3 rings (SSSR count). The molecule has 0 unspecified atom stereocenters. The van der Waals surface area contributed by atoms with Gasteiger partial charge in [0.1, 0.15) is 11.3 Å². The molecule has 0 aliphatic heterocycles. The van der Waals surface area contributed by atoms with E-state index in [1.165, 1.54) is 16.6 Å². The SMILES string of the molecule is CCN(CC)S(=O)(=O)c1cc(NC(=O)c2cccnc2Oc2ccccc2)ccc1C. The van der Waals surface area contributed by atoms with Gasteiger partial charge in [0, 0.05) is 25.0 Å². The zero-order chi connectivity index (χ0) is 22.4. The molecule has 0 aliphatic carbocycles. The maximum atomic E-state index is 13.0. The number of amides is 1. The minimum absolute atomic E-state index is 0.161. The van der Waals surface area contributed by atoms with Gasteiger partial charge in [-0.3, -0.25) is 4.79 Å². The Bertz CT molecular complexity index is 1160. The number of rotatable bonds is 8. The molecule has 31 heavy (non-hydrogen) atoms. The molecule has 0 spiro atoms. The number of aryl methyl sites for hydroxylation is 1. The van der Waals surface area contributed by atoms with Crippen LogP contribution in [0.4, 0.5) is 5.69 Å². The molecule has 1 aromatic heterocycles. The number of anilines is 1. The standard InChI is InChI=1S/C23H25N3O4S/c1-4-26(5-2)31(28,29)21-16-18(14-13-17(21)3)25-22(27)20-12-9-15-24-23(20)30-19-10-7-6-8-11-19/h6-16H,4-5H2,1-3H3,(H,25,27). The Morgan fingerprint density at radius 2 is 1.74 bits per heavy atom. The van der Waals surface area contributed by atoms with E-state index in [2.05, 4.69) is 10.3 Å². The van der Waals surface area contributed by atoms with Gasteiger partial charge in [0.25, 0.3) is 5.91 Å². The van der Waals surface area contributed by atoms with Gasteiger partial charge in [-0.1, -0.05) is 38.1 Å². The van der Waals surface area contributed by atoms with E-state index in [1.54, 1.807) is 57.2 Å². The number of carbonyl (C=O) groups excluding carboxylic acids is 1. The largest absolute Gasteiger partial charge is 0.438 e. The van der Waals surface area contributed by atoms with Crippen molar-refractivity contribution >= 4 is 21.6 Å². The molecule has 0 saturated heterocycles. The molecular formula is C23H25N3O4S. The number of pyridine rings is 1. The maximum Gasteiger partial charge on any atom is 0.261 e. The van der Waals surface area contributed by atoms with Crippen LogP contribution in [0, 0.1) is 6.92 Å². The molecule has 0 fully saturated rings. The highest BCUT2D eigenvalue weighted by Crippen LogP contribution is 2.26. The van der Waals surface area contributed by atoms with Crippen LogP contribution < -0.4 is 10.1 Å². The Balaban J connectivity index is 1.88. The number of hydrogen-bond donors (Lipinski definition) is 1. The van der Waals surface area contributed by atoms with E-state index in [9.17, 15) is 13.2 Å². The summed E-state index contributed by atoms with van der Waals surface area (Å²) in [7, 11) is -3.66. The highest BCUT2D eigenvalue weighted by molar-refractivity contribution is 7.89. The predicted molar refractivity (Wildman–Crippen MR) is 120 cm³/mol. The van der Waals surface area contributed by atoms with Crippen molar-refractivity contribution in [2.24, 2.45) is 0 Å². The maximum absolute atomic E-state index is 13.0. The zero-order valence-corrected chi connectivity index (χ0v) is 18.5. The fourth-order valence-electron chi connectivity index (χ4n) is 3.10. The van der Waals surface area contributed by atoms with Crippen LogP contribution in [0.1, 0.15) is 29.8 Å². The number of para-hydroxylation sites is 1. The molecule has 0 aliphatic rings. The van der Waals surface area contributed by atoms with Gasteiger partial charge in [-0.15, -0.1) is 0 Å². The van der Waals surface area contributed by atoms with Crippen LogP contribution in [0.2, 0.25) is 0 Å². The van der Waals surface area contributed by atoms with Gasteiger partial charge in [0.15, 0.2) is 0 Å². The van der Waals surface area contributed by atoms with Crippen molar-refractivity contribution in [1.29, 1.82) is 0 Å². The lowest BCUT2D eigenvalue weighted by atomic mass is 10.2. The first-order chi connectivity index (χ1) is 14.9. The molecule has 7 nitrogen and oxygen atoms in total. The van der Waals surface area contributed by atoms with E-state index < -0.39 is 15.9 Å². The Hall–Kier alpha value is -3.23. The number of hydrogen-bond acceptors (Lipinski definition) is 5. The Morgan fingerprint density at radius 3 is 2.42 bits per heavy atom. The molecule has 2 aromatic carbocycles. The summed E-state index contributed by atoms with van der Waals surface area (Å²) in [5.74, 6) is 0.265. The van der Waals surface area contributed by atoms with E-state index in [-0.39, 0.29) is 16.3 Å². The lowest BCUT2D eigenvalue weighted by molar-refractivity contribution is 0.102. The van der Waals surface area contributed by atoms with E-state index in [1.807, 2.05) is 18.2 Å². The van der Waals surface area contributed by atoms with Gasteiger partial charge in [0.05, 0.1) is 4.90 Å². The van der Waals surface area contributed by atoms with E-state index in [4.69, 9.17) is 4.74 Å². The third-order valence-corrected chi connectivity index (χ3v) is 6.93. The fraction of sp³-hybridized carbons (Fsp3) is 0.217. The van der Waals surface area contributed by atoms with Gasteiger partial charge in [-0.2, -0.15) is 4.31 Å². The van der Waals surface area contributed by atoms with Gasteiger partial charge >= 0.3 is 0 Å². The number of carbonyl (C=O) groups is 1. The second-order valence-corrected chi connectivity index (χ2v) is 8.70. The van der Waals surface area contributed by atoms with Crippen LogP contribution in [-0.2, 0) is 10.0 Å². The molecule has 1 amide bonds. The van der Waals surface area contributed by atoms with Gasteiger partial charge < -0.3 is 10.1 Å². The first kappa shape index (κ1) is 22.5. The summed E-state index contributed by atoms with van der Waals surface area (Å²) < 4.78 is 33.1. The second kappa shape index (κ2) is 9.72. The minimum Gasteiger partial charge on any atom is -0.438 e. The topological polar surface area (TPSA) is 88.6 Å². The molecule has 8 heteroatoms. The van der Waals surface area contributed by atoms with Crippen LogP contribution >= 0.6 is 0 Å². The quantitative estimate of drug-likeness (QED) is 0.560. The van der Waals surface area contributed by atoms with Crippen molar-refractivity contribution in [2.45, 2.75) is 25.7 Å². The Labute approximate surface area is 182 Å². The van der Waals surface area contributed by atoms with E-state index in [0.29, 0.717) is 30.1 Å². The van der Waals surface area contributed by atoms with Crippen LogP contribution in [0.3, 0.4) is 0 Å². The first-order valence-corrected chi connectivity index (χ1v) is 11.4. The van der Waals surface area contributed by atoms with Crippen molar-refractivity contribution in [3.05, 3.63) is 78.0 Å². The highest BCUT2D eigenvalue weighted by Gasteiger charge is 2.24. The molecule has 0 bridgehead atoms. The van der Waals surface area contributed by atoms with Gasteiger partial charge in [-0.05, 0) is 48.9 Å². The summed E-state index contributed by atoms with van der Waals surface area (Å²) in [5, 5.41) is 2.76. The number of benzene rings is 2. The van der Waals surface area contributed by atoms with Crippen LogP contribution in [0.25, 0.3) is 0 Å². The van der Waals surface area contributed by atoms with Crippen molar-refractivity contribution in [3.8, 4) is 11.6 Å².